The summed E-state index contributed by atoms with van der Waals surface area (Å²) >= 11 is 0. The van der Waals surface area contributed by atoms with Gasteiger partial charge in [-0.1, -0.05) is 72.6 Å². The molecular weight excluding hydrogens is 486 g/mol. The van der Waals surface area contributed by atoms with Gasteiger partial charge in [0.2, 0.25) is 11.8 Å². The van der Waals surface area contributed by atoms with Crippen LogP contribution in [0.3, 0.4) is 0 Å². The Bertz CT molecular complexity index is 1290. The third kappa shape index (κ3) is 6.98. The van der Waals surface area contributed by atoms with Crippen LogP contribution < -0.4 is 9.62 Å². The average Bonchev–Trinajstić information content (AvgIpc) is 2.88. The van der Waals surface area contributed by atoms with E-state index in [0.29, 0.717) is 18.7 Å². The molecule has 0 heterocycles. The van der Waals surface area contributed by atoms with Gasteiger partial charge in [-0.25, -0.2) is 8.42 Å². The molecule has 0 aliphatic carbocycles. The molecule has 0 aliphatic rings. The Morgan fingerprint density at radius 3 is 1.95 bits per heavy atom. The fourth-order valence-electron chi connectivity index (χ4n) is 4.07. The van der Waals surface area contributed by atoms with Gasteiger partial charge in [0.25, 0.3) is 10.0 Å². The van der Waals surface area contributed by atoms with Crippen molar-refractivity contribution in [1.82, 2.24) is 10.2 Å². The summed E-state index contributed by atoms with van der Waals surface area (Å²) in [5.41, 5.74) is 3.13. The molecule has 196 valence electrons. The second-order valence-corrected chi connectivity index (χ2v) is 10.8. The highest BCUT2D eigenvalue weighted by Gasteiger charge is 2.33. The summed E-state index contributed by atoms with van der Waals surface area (Å²) in [6.45, 7) is 7.62. The molecule has 3 aromatic carbocycles. The predicted molar refractivity (Wildman–Crippen MR) is 147 cm³/mol. The second kappa shape index (κ2) is 12.5. The molecule has 1 unspecified atom stereocenters. The van der Waals surface area contributed by atoms with E-state index in [2.05, 4.69) is 5.32 Å². The number of rotatable bonds is 11. The van der Waals surface area contributed by atoms with Crippen molar-refractivity contribution in [2.45, 2.75) is 51.6 Å². The number of hydrogen-bond acceptors (Lipinski definition) is 4. The molecule has 37 heavy (non-hydrogen) atoms. The fourth-order valence-corrected chi connectivity index (χ4v) is 5.48. The predicted octanol–water partition coefficient (Wildman–Crippen LogP) is 4.44. The van der Waals surface area contributed by atoms with E-state index in [1.165, 1.54) is 4.90 Å². The van der Waals surface area contributed by atoms with Crippen LogP contribution in [0, 0.1) is 13.8 Å². The number of carbonyl (C=O) groups excluding carboxylic acids is 2. The summed E-state index contributed by atoms with van der Waals surface area (Å²) in [5, 5.41) is 2.81. The minimum absolute atomic E-state index is 0.0943. The lowest BCUT2D eigenvalue weighted by Gasteiger charge is -2.33. The van der Waals surface area contributed by atoms with E-state index >= 15 is 0 Å². The van der Waals surface area contributed by atoms with Crippen molar-refractivity contribution in [1.29, 1.82) is 0 Å². The monoisotopic (exact) mass is 521 g/mol. The summed E-state index contributed by atoms with van der Waals surface area (Å²) < 4.78 is 28.7. The molecule has 0 saturated heterocycles. The van der Waals surface area contributed by atoms with Gasteiger partial charge in [-0.05, 0) is 57.0 Å². The number of hydrogen-bond donors (Lipinski definition) is 1. The highest BCUT2D eigenvalue weighted by Crippen LogP contribution is 2.25. The number of likely N-dealkylation sites (N-methyl/N-ethyl adjacent to an activating group) is 1. The summed E-state index contributed by atoms with van der Waals surface area (Å²) in [5.74, 6) is -0.726. The number of amides is 2. The molecule has 3 aromatic rings. The summed E-state index contributed by atoms with van der Waals surface area (Å²) in [4.78, 5) is 28.4. The Kier molecular flexibility index (Phi) is 9.47. The third-order valence-electron chi connectivity index (χ3n) is 6.14. The number of anilines is 1. The van der Waals surface area contributed by atoms with Crippen LogP contribution in [0.5, 0.6) is 0 Å². The summed E-state index contributed by atoms with van der Waals surface area (Å²) in [6, 6.07) is 22.2. The maximum absolute atomic E-state index is 13.9. The number of sulfonamides is 1. The van der Waals surface area contributed by atoms with Crippen LogP contribution in [0.25, 0.3) is 0 Å². The topological polar surface area (TPSA) is 86.8 Å². The van der Waals surface area contributed by atoms with Gasteiger partial charge in [0.1, 0.15) is 12.6 Å². The molecule has 0 spiro atoms. The fraction of sp³-hybridized carbons (Fsp3) is 0.310. The maximum atomic E-state index is 13.9. The summed E-state index contributed by atoms with van der Waals surface area (Å²) in [7, 11) is -4.06. The van der Waals surface area contributed by atoms with Gasteiger partial charge in [0.15, 0.2) is 0 Å². The van der Waals surface area contributed by atoms with Gasteiger partial charge < -0.3 is 10.2 Å². The van der Waals surface area contributed by atoms with Gasteiger partial charge in [0.05, 0.1) is 10.6 Å². The first-order valence-electron chi connectivity index (χ1n) is 12.4. The molecule has 0 bridgehead atoms. The maximum Gasteiger partial charge on any atom is 0.264 e. The smallest absolute Gasteiger partial charge is 0.264 e. The van der Waals surface area contributed by atoms with E-state index in [4.69, 9.17) is 0 Å². The van der Waals surface area contributed by atoms with Crippen molar-refractivity contribution >= 4 is 27.5 Å². The van der Waals surface area contributed by atoms with Crippen LogP contribution in [0.2, 0.25) is 0 Å². The van der Waals surface area contributed by atoms with Crippen molar-refractivity contribution in [3.63, 3.8) is 0 Å². The normalized spacial score (nSPS) is 12.0. The lowest BCUT2D eigenvalue weighted by Crippen LogP contribution is -2.52. The van der Waals surface area contributed by atoms with Crippen LogP contribution in [-0.2, 0) is 26.2 Å². The molecule has 1 N–H and O–H groups in total. The number of nitrogens with one attached hydrogen (secondary N) is 1. The van der Waals surface area contributed by atoms with Crippen LogP contribution in [-0.4, -0.2) is 44.3 Å². The van der Waals surface area contributed by atoms with E-state index < -0.39 is 28.5 Å². The second-order valence-electron chi connectivity index (χ2n) is 8.99. The van der Waals surface area contributed by atoms with Crippen molar-refractivity contribution in [2.75, 3.05) is 17.4 Å². The van der Waals surface area contributed by atoms with Crippen molar-refractivity contribution in [3.05, 3.63) is 95.6 Å². The molecule has 2 amide bonds. The van der Waals surface area contributed by atoms with Gasteiger partial charge in [-0.2, -0.15) is 0 Å². The van der Waals surface area contributed by atoms with Crippen LogP contribution in [0.4, 0.5) is 5.69 Å². The van der Waals surface area contributed by atoms with Crippen molar-refractivity contribution in [3.8, 4) is 0 Å². The van der Waals surface area contributed by atoms with E-state index in [1.807, 2.05) is 70.2 Å². The quantitative estimate of drug-likeness (QED) is 0.404. The summed E-state index contributed by atoms with van der Waals surface area (Å²) in [6.07, 6.45) is 0.389. The minimum atomic E-state index is -4.06. The molecule has 0 saturated carbocycles. The van der Waals surface area contributed by atoms with Crippen LogP contribution in [0.15, 0.2) is 83.8 Å². The first-order chi connectivity index (χ1) is 17.7. The minimum Gasteiger partial charge on any atom is -0.355 e. The number of carbonyl (C=O) groups is 2. The Morgan fingerprint density at radius 2 is 1.41 bits per heavy atom. The molecule has 3 rings (SSSR count). The highest BCUT2D eigenvalue weighted by molar-refractivity contribution is 7.92. The van der Waals surface area contributed by atoms with Gasteiger partial charge in [-0.15, -0.1) is 0 Å². The van der Waals surface area contributed by atoms with E-state index in [9.17, 15) is 18.0 Å². The highest BCUT2D eigenvalue weighted by atomic mass is 32.2. The standard InChI is InChI=1S/C29H35N3O4S/c1-5-27(29(34)30-6-2)31(20-24-10-8-7-9-11-24)28(33)21-32(25-16-12-22(3)13-17-25)37(35,36)26-18-14-23(4)15-19-26/h7-19,27H,5-6,20-21H2,1-4H3,(H,30,34). The molecule has 1 atom stereocenters. The first-order valence-corrected chi connectivity index (χ1v) is 13.9. The molecule has 0 aromatic heterocycles. The molecule has 0 radical (unpaired) electrons. The van der Waals surface area contributed by atoms with Gasteiger partial charge in [0, 0.05) is 13.1 Å². The Balaban J connectivity index is 2.04. The van der Waals surface area contributed by atoms with E-state index in [-0.39, 0.29) is 17.3 Å². The molecule has 8 heteroatoms. The Hall–Kier alpha value is -3.65. The lowest BCUT2D eigenvalue weighted by atomic mass is 10.1. The number of aryl methyl sites for hydroxylation is 2. The van der Waals surface area contributed by atoms with Crippen molar-refractivity contribution < 1.29 is 18.0 Å². The molecular formula is C29H35N3O4S. The first kappa shape index (κ1) is 27.9. The SMILES string of the molecule is CCNC(=O)C(CC)N(Cc1ccccc1)C(=O)CN(c1ccc(C)cc1)S(=O)(=O)c1ccc(C)cc1. The van der Waals surface area contributed by atoms with E-state index in [1.54, 1.807) is 36.4 Å². The third-order valence-corrected chi connectivity index (χ3v) is 7.93. The number of benzene rings is 3. The Labute approximate surface area is 220 Å². The van der Waals surface area contributed by atoms with Gasteiger partial charge in [-0.3, -0.25) is 13.9 Å². The zero-order valence-corrected chi connectivity index (χ0v) is 22.7. The van der Waals surface area contributed by atoms with Crippen LogP contribution >= 0.6 is 0 Å². The Morgan fingerprint density at radius 1 is 0.838 bits per heavy atom. The zero-order valence-electron chi connectivity index (χ0n) is 21.8. The average molecular weight is 522 g/mol. The van der Waals surface area contributed by atoms with E-state index in [0.717, 1.165) is 21.0 Å². The van der Waals surface area contributed by atoms with Crippen molar-refractivity contribution in [2.24, 2.45) is 0 Å². The molecule has 0 fully saturated rings. The van der Waals surface area contributed by atoms with Crippen LogP contribution in [0.1, 0.15) is 37.0 Å². The largest absolute Gasteiger partial charge is 0.355 e. The van der Waals surface area contributed by atoms with Gasteiger partial charge >= 0.3 is 0 Å². The number of nitrogens with zero attached hydrogens (tertiary/aromatic N) is 2. The molecule has 0 aliphatic heterocycles. The zero-order chi connectivity index (χ0) is 27.0. The lowest BCUT2D eigenvalue weighted by molar-refractivity contribution is -0.140. The molecule has 7 nitrogen and oxygen atoms in total.